The van der Waals surface area contributed by atoms with E-state index in [1.165, 1.54) is 5.56 Å². The van der Waals surface area contributed by atoms with Crippen LogP contribution in [0.15, 0.2) is 55.0 Å². The van der Waals surface area contributed by atoms with E-state index in [0.717, 1.165) is 34.3 Å². The number of nitrogens with one attached hydrogen (secondary N) is 1. The molecule has 0 aliphatic carbocycles. The number of aromatic amines is 1. The van der Waals surface area contributed by atoms with Crippen LogP contribution in [0.3, 0.4) is 0 Å². The lowest BCUT2D eigenvalue weighted by molar-refractivity contribution is -0.132. The smallest absolute Gasteiger partial charge is 0.223 e. The standard InChI is InChI=1S/C25H22ClN5O/c26-19-5-7-23-22(11-19)21-9-10-30(25(32)8-6-20-13-28-16-29-20)15-24(21)31(23)14-18-3-1-17(12-27)2-4-18/h1-5,7,11,13,16H,6,8-10,14-15H2,(H,28,29). The van der Waals surface area contributed by atoms with Crippen LogP contribution in [0.4, 0.5) is 0 Å². The molecular formula is C25H22ClN5O. The van der Waals surface area contributed by atoms with Crippen molar-refractivity contribution in [2.24, 2.45) is 0 Å². The number of aryl methyl sites for hydroxylation is 1. The van der Waals surface area contributed by atoms with Crippen LogP contribution in [-0.4, -0.2) is 31.9 Å². The highest BCUT2D eigenvalue weighted by molar-refractivity contribution is 6.31. The Morgan fingerprint density at radius 3 is 2.81 bits per heavy atom. The molecule has 2 aromatic carbocycles. The van der Waals surface area contributed by atoms with Crippen LogP contribution >= 0.6 is 11.6 Å². The first-order valence-corrected chi connectivity index (χ1v) is 11.0. The van der Waals surface area contributed by atoms with Crippen molar-refractivity contribution < 1.29 is 4.79 Å². The molecule has 0 unspecified atom stereocenters. The molecule has 0 spiro atoms. The Balaban J connectivity index is 1.45. The summed E-state index contributed by atoms with van der Waals surface area (Å²) in [6.07, 6.45) is 5.33. The Morgan fingerprint density at radius 1 is 1.22 bits per heavy atom. The summed E-state index contributed by atoms with van der Waals surface area (Å²) in [6, 6.07) is 15.8. The fraction of sp³-hybridized carbons (Fsp3) is 0.240. The molecule has 5 rings (SSSR count). The Hall–Kier alpha value is -3.56. The highest BCUT2D eigenvalue weighted by Crippen LogP contribution is 2.33. The second kappa shape index (κ2) is 8.52. The maximum Gasteiger partial charge on any atom is 0.223 e. The summed E-state index contributed by atoms with van der Waals surface area (Å²) in [6.45, 7) is 1.96. The van der Waals surface area contributed by atoms with Crippen molar-refractivity contribution in [2.75, 3.05) is 6.54 Å². The second-order valence-corrected chi connectivity index (χ2v) is 8.56. The van der Waals surface area contributed by atoms with E-state index >= 15 is 0 Å². The summed E-state index contributed by atoms with van der Waals surface area (Å²) in [5, 5.41) is 11.0. The van der Waals surface area contributed by atoms with Crippen LogP contribution < -0.4 is 0 Å². The molecule has 0 radical (unpaired) electrons. The summed E-state index contributed by atoms with van der Waals surface area (Å²) in [7, 11) is 0. The SMILES string of the molecule is N#Cc1ccc(Cn2c3c(c4cc(Cl)ccc42)CCN(C(=O)CCc2cnc[nH]2)C3)cc1. The fourth-order valence-electron chi connectivity index (χ4n) is 4.50. The lowest BCUT2D eigenvalue weighted by atomic mass is 10.0. The molecule has 1 N–H and O–H groups in total. The van der Waals surface area contributed by atoms with E-state index in [1.807, 2.05) is 41.3 Å². The average molecular weight is 444 g/mol. The number of hydrogen-bond donors (Lipinski definition) is 1. The highest BCUT2D eigenvalue weighted by atomic mass is 35.5. The predicted molar refractivity (Wildman–Crippen MR) is 123 cm³/mol. The molecule has 7 heteroatoms. The van der Waals surface area contributed by atoms with Gasteiger partial charge in [0.15, 0.2) is 0 Å². The van der Waals surface area contributed by atoms with Crippen molar-refractivity contribution >= 4 is 28.4 Å². The lowest BCUT2D eigenvalue weighted by Gasteiger charge is -2.29. The van der Waals surface area contributed by atoms with Crippen LogP contribution in [0.5, 0.6) is 0 Å². The minimum absolute atomic E-state index is 0.151. The zero-order valence-corrected chi connectivity index (χ0v) is 18.3. The van der Waals surface area contributed by atoms with Gasteiger partial charge in [-0.25, -0.2) is 4.98 Å². The van der Waals surface area contributed by atoms with E-state index in [2.05, 4.69) is 26.7 Å². The summed E-state index contributed by atoms with van der Waals surface area (Å²) >= 11 is 6.32. The quantitative estimate of drug-likeness (QED) is 0.494. The van der Waals surface area contributed by atoms with Gasteiger partial charge in [-0.3, -0.25) is 4.79 Å². The van der Waals surface area contributed by atoms with Gasteiger partial charge in [-0.15, -0.1) is 0 Å². The largest absolute Gasteiger partial charge is 0.348 e. The molecule has 1 amide bonds. The van der Waals surface area contributed by atoms with Crippen LogP contribution in [0.1, 0.15) is 34.5 Å². The van der Waals surface area contributed by atoms with E-state index in [9.17, 15) is 4.79 Å². The number of fused-ring (bicyclic) bond motifs is 3. The van der Waals surface area contributed by atoms with Gasteiger partial charge in [-0.1, -0.05) is 23.7 Å². The van der Waals surface area contributed by atoms with Crippen molar-refractivity contribution in [3.05, 3.63) is 88.1 Å². The molecule has 0 bridgehead atoms. The fourth-order valence-corrected chi connectivity index (χ4v) is 4.67. The van der Waals surface area contributed by atoms with Crippen molar-refractivity contribution in [3.8, 4) is 6.07 Å². The number of imidazole rings is 1. The van der Waals surface area contributed by atoms with Gasteiger partial charge in [0.2, 0.25) is 5.91 Å². The summed E-state index contributed by atoms with van der Waals surface area (Å²) in [5.41, 5.74) is 6.29. The van der Waals surface area contributed by atoms with Gasteiger partial charge in [0.05, 0.1) is 24.5 Å². The minimum Gasteiger partial charge on any atom is -0.348 e. The van der Waals surface area contributed by atoms with Crippen molar-refractivity contribution in [3.63, 3.8) is 0 Å². The Morgan fingerprint density at radius 2 is 2.06 bits per heavy atom. The van der Waals surface area contributed by atoms with Crippen LogP contribution in [-0.2, 0) is 30.7 Å². The first-order valence-electron chi connectivity index (χ1n) is 10.7. The first-order chi connectivity index (χ1) is 15.6. The van der Waals surface area contributed by atoms with Gasteiger partial charge < -0.3 is 14.5 Å². The minimum atomic E-state index is 0.151. The summed E-state index contributed by atoms with van der Waals surface area (Å²) < 4.78 is 2.29. The lowest BCUT2D eigenvalue weighted by Crippen LogP contribution is -2.36. The third-order valence-corrected chi connectivity index (χ3v) is 6.40. The maximum atomic E-state index is 12.9. The zero-order chi connectivity index (χ0) is 22.1. The van der Waals surface area contributed by atoms with E-state index < -0.39 is 0 Å². The normalized spacial score (nSPS) is 13.2. The molecule has 160 valence electrons. The van der Waals surface area contributed by atoms with Crippen LogP contribution in [0.25, 0.3) is 10.9 Å². The number of hydrogen-bond acceptors (Lipinski definition) is 3. The third kappa shape index (κ3) is 3.88. The number of carbonyl (C=O) groups excluding carboxylic acids is 1. The van der Waals surface area contributed by atoms with Gasteiger partial charge >= 0.3 is 0 Å². The van der Waals surface area contributed by atoms with E-state index in [1.54, 1.807) is 12.5 Å². The maximum absolute atomic E-state index is 12.9. The van der Waals surface area contributed by atoms with Crippen molar-refractivity contribution in [1.82, 2.24) is 19.4 Å². The molecule has 0 atom stereocenters. The number of halogens is 1. The van der Waals surface area contributed by atoms with E-state index in [-0.39, 0.29) is 5.91 Å². The first kappa shape index (κ1) is 20.3. The van der Waals surface area contributed by atoms with Gasteiger partial charge in [0.25, 0.3) is 0 Å². The molecular weight excluding hydrogens is 422 g/mol. The van der Waals surface area contributed by atoms with Crippen LogP contribution in [0.2, 0.25) is 5.02 Å². The molecule has 2 aromatic heterocycles. The number of nitriles is 1. The van der Waals surface area contributed by atoms with E-state index in [4.69, 9.17) is 16.9 Å². The molecule has 32 heavy (non-hydrogen) atoms. The Kier molecular flexibility index (Phi) is 5.42. The monoisotopic (exact) mass is 443 g/mol. The van der Waals surface area contributed by atoms with Gasteiger partial charge in [0, 0.05) is 53.0 Å². The second-order valence-electron chi connectivity index (χ2n) is 8.12. The van der Waals surface area contributed by atoms with Crippen LogP contribution in [0, 0.1) is 11.3 Å². The number of H-pyrrole nitrogens is 1. The van der Waals surface area contributed by atoms with Gasteiger partial charge in [-0.05, 0) is 54.3 Å². The topological polar surface area (TPSA) is 77.7 Å². The molecule has 0 fully saturated rings. The van der Waals surface area contributed by atoms with Gasteiger partial charge in [0.1, 0.15) is 0 Å². The predicted octanol–water partition coefficient (Wildman–Crippen LogP) is 4.46. The number of carbonyl (C=O) groups is 1. The molecule has 3 heterocycles. The molecule has 4 aromatic rings. The highest BCUT2D eigenvalue weighted by Gasteiger charge is 2.26. The van der Waals surface area contributed by atoms with E-state index in [0.29, 0.717) is 43.1 Å². The number of rotatable bonds is 5. The number of nitrogens with zero attached hydrogens (tertiary/aromatic N) is 4. The molecule has 1 aliphatic heterocycles. The third-order valence-electron chi connectivity index (χ3n) is 6.16. The van der Waals surface area contributed by atoms with Crippen molar-refractivity contribution in [1.29, 1.82) is 5.26 Å². The molecule has 1 aliphatic rings. The Labute approximate surface area is 191 Å². The number of aromatic nitrogens is 3. The molecule has 6 nitrogen and oxygen atoms in total. The Bertz CT molecular complexity index is 1320. The molecule has 0 saturated carbocycles. The molecule has 0 saturated heterocycles. The average Bonchev–Trinajstić information content (AvgIpc) is 3.44. The number of amides is 1. The summed E-state index contributed by atoms with van der Waals surface area (Å²) in [4.78, 5) is 22.0. The van der Waals surface area contributed by atoms with Crippen molar-refractivity contribution in [2.45, 2.75) is 32.4 Å². The number of benzene rings is 2. The summed E-state index contributed by atoms with van der Waals surface area (Å²) in [5.74, 6) is 0.151. The van der Waals surface area contributed by atoms with Gasteiger partial charge in [-0.2, -0.15) is 5.26 Å². The zero-order valence-electron chi connectivity index (χ0n) is 17.5.